The summed E-state index contributed by atoms with van der Waals surface area (Å²) in [7, 11) is -3.65. The molecule has 6 nitrogen and oxygen atoms in total. The van der Waals surface area contributed by atoms with Crippen LogP contribution in [0.25, 0.3) is 0 Å². The highest BCUT2D eigenvalue weighted by Crippen LogP contribution is 2.36. The molecule has 2 saturated heterocycles. The standard InChI is InChI=1S/C17H26N2O4S/c1-3-23-15-5-4-13(2)10-16(15)24(21,22)19-9-7-17(20)6-8-18-11-14(17)12-19/h4-5,10,14,18,20H,3,6-9,11-12H2,1-2H3/t14-,17-/m0/s1. The van der Waals surface area contributed by atoms with E-state index in [0.717, 1.165) is 12.1 Å². The topological polar surface area (TPSA) is 78.9 Å². The summed E-state index contributed by atoms with van der Waals surface area (Å²) in [6.45, 7) is 6.23. The van der Waals surface area contributed by atoms with Crippen LogP contribution in [0.3, 0.4) is 0 Å². The average Bonchev–Trinajstić information content (AvgIpc) is 2.55. The van der Waals surface area contributed by atoms with E-state index in [-0.39, 0.29) is 10.8 Å². The number of hydrogen-bond acceptors (Lipinski definition) is 5. The zero-order valence-corrected chi connectivity index (χ0v) is 15.1. The molecule has 0 amide bonds. The molecule has 2 aliphatic heterocycles. The van der Waals surface area contributed by atoms with Gasteiger partial charge in [-0.2, -0.15) is 4.31 Å². The smallest absolute Gasteiger partial charge is 0.246 e. The summed E-state index contributed by atoms with van der Waals surface area (Å²) in [5, 5.41) is 14.0. The van der Waals surface area contributed by atoms with E-state index in [4.69, 9.17) is 4.74 Å². The molecule has 2 fully saturated rings. The van der Waals surface area contributed by atoms with Gasteiger partial charge >= 0.3 is 0 Å². The molecule has 24 heavy (non-hydrogen) atoms. The quantitative estimate of drug-likeness (QED) is 0.847. The molecule has 3 rings (SSSR count). The van der Waals surface area contributed by atoms with Gasteiger partial charge in [-0.15, -0.1) is 0 Å². The summed E-state index contributed by atoms with van der Waals surface area (Å²) in [5.41, 5.74) is 0.136. The van der Waals surface area contributed by atoms with Gasteiger partial charge in [0.15, 0.2) is 0 Å². The van der Waals surface area contributed by atoms with Gasteiger partial charge in [0.2, 0.25) is 10.0 Å². The predicted molar refractivity (Wildman–Crippen MR) is 91.7 cm³/mol. The minimum atomic E-state index is -3.65. The largest absolute Gasteiger partial charge is 0.492 e. The lowest BCUT2D eigenvalue weighted by molar-refractivity contribution is -0.0744. The van der Waals surface area contributed by atoms with Gasteiger partial charge in [-0.3, -0.25) is 0 Å². The third-order valence-corrected chi connectivity index (χ3v) is 7.01. The Bertz CT molecular complexity index is 707. The van der Waals surface area contributed by atoms with Crippen LogP contribution in [-0.2, 0) is 10.0 Å². The van der Waals surface area contributed by atoms with Crippen molar-refractivity contribution in [2.24, 2.45) is 5.92 Å². The zero-order chi connectivity index (χ0) is 17.4. The zero-order valence-electron chi connectivity index (χ0n) is 14.3. The fourth-order valence-corrected chi connectivity index (χ4v) is 5.35. The molecule has 2 aliphatic rings. The number of piperidine rings is 2. The summed E-state index contributed by atoms with van der Waals surface area (Å²) in [5.74, 6) is 0.320. The van der Waals surface area contributed by atoms with E-state index in [0.29, 0.717) is 44.8 Å². The second-order valence-corrected chi connectivity index (χ2v) is 8.66. The Morgan fingerprint density at radius 1 is 1.42 bits per heavy atom. The predicted octanol–water partition coefficient (Wildman–Crippen LogP) is 1.13. The van der Waals surface area contributed by atoms with Crippen molar-refractivity contribution in [2.45, 2.75) is 37.2 Å². The lowest BCUT2D eigenvalue weighted by Gasteiger charge is -2.47. The highest BCUT2D eigenvalue weighted by molar-refractivity contribution is 7.89. The van der Waals surface area contributed by atoms with Crippen LogP contribution in [-0.4, -0.2) is 56.2 Å². The fourth-order valence-electron chi connectivity index (χ4n) is 3.64. The Morgan fingerprint density at radius 3 is 2.96 bits per heavy atom. The first-order valence-corrected chi connectivity index (χ1v) is 9.97. The van der Waals surface area contributed by atoms with Gasteiger partial charge in [0.25, 0.3) is 0 Å². The molecule has 0 unspecified atom stereocenters. The number of aliphatic hydroxyl groups is 1. The summed E-state index contributed by atoms with van der Waals surface area (Å²) in [6, 6.07) is 5.23. The molecule has 0 saturated carbocycles. The van der Waals surface area contributed by atoms with E-state index in [1.807, 2.05) is 19.9 Å². The molecule has 0 bridgehead atoms. The van der Waals surface area contributed by atoms with Crippen LogP contribution in [0.1, 0.15) is 25.3 Å². The van der Waals surface area contributed by atoms with E-state index < -0.39 is 15.6 Å². The third-order valence-electron chi connectivity index (χ3n) is 5.12. The Morgan fingerprint density at radius 2 is 2.21 bits per heavy atom. The van der Waals surface area contributed by atoms with Crippen LogP contribution in [0.15, 0.2) is 23.1 Å². The molecule has 2 N–H and O–H groups in total. The van der Waals surface area contributed by atoms with Crippen molar-refractivity contribution in [3.05, 3.63) is 23.8 Å². The fraction of sp³-hybridized carbons (Fsp3) is 0.647. The molecule has 0 aliphatic carbocycles. The van der Waals surface area contributed by atoms with E-state index in [1.54, 1.807) is 12.1 Å². The number of nitrogens with one attached hydrogen (secondary N) is 1. The number of hydrogen-bond donors (Lipinski definition) is 2. The van der Waals surface area contributed by atoms with Crippen molar-refractivity contribution in [3.8, 4) is 5.75 Å². The van der Waals surface area contributed by atoms with Crippen molar-refractivity contribution in [1.29, 1.82) is 0 Å². The minimum Gasteiger partial charge on any atom is -0.492 e. The first-order chi connectivity index (χ1) is 11.4. The number of aryl methyl sites for hydroxylation is 1. The lowest BCUT2D eigenvalue weighted by Crippen LogP contribution is -2.59. The molecule has 2 atom stereocenters. The van der Waals surface area contributed by atoms with Gasteiger partial charge in [0, 0.05) is 25.6 Å². The van der Waals surface area contributed by atoms with Gasteiger partial charge in [0.05, 0.1) is 12.2 Å². The van der Waals surface area contributed by atoms with Crippen molar-refractivity contribution >= 4 is 10.0 Å². The molecule has 2 heterocycles. The van der Waals surface area contributed by atoms with Gasteiger partial charge in [-0.1, -0.05) is 6.07 Å². The third kappa shape index (κ3) is 3.18. The van der Waals surface area contributed by atoms with Crippen LogP contribution in [0.2, 0.25) is 0 Å². The second-order valence-electron chi connectivity index (χ2n) is 6.75. The summed E-state index contributed by atoms with van der Waals surface area (Å²) >= 11 is 0. The number of ether oxygens (including phenoxy) is 1. The Kier molecular flexibility index (Phi) is 4.88. The minimum absolute atomic E-state index is 0.0740. The maximum absolute atomic E-state index is 13.2. The van der Waals surface area contributed by atoms with Gasteiger partial charge in [0.1, 0.15) is 10.6 Å². The number of rotatable bonds is 4. The normalized spacial score (nSPS) is 28.4. The molecule has 0 aromatic heterocycles. The summed E-state index contributed by atoms with van der Waals surface area (Å²) < 4.78 is 33.3. The summed E-state index contributed by atoms with van der Waals surface area (Å²) in [4.78, 5) is 0.221. The van der Waals surface area contributed by atoms with Crippen molar-refractivity contribution in [3.63, 3.8) is 0 Å². The molecule has 1 aromatic carbocycles. The Labute approximate surface area is 143 Å². The molecular weight excluding hydrogens is 328 g/mol. The number of sulfonamides is 1. The van der Waals surface area contributed by atoms with Crippen LogP contribution >= 0.6 is 0 Å². The highest BCUT2D eigenvalue weighted by atomic mass is 32.2. The van der Waals surface area contributed by atoms with E-state index in [2.05, 4.69) is 5.32 Å². The monoisotopic (exact) mass is 354 g/mol. The average molecular weight is 354 g/mol. The molecule has 0 spiro atoms. The number of nitrogens with zero attached hydrogens (tertiary/aromatic N) is 1. The molecule has 134 valence electrons. The van der Waals surface area contributed by atoms with E-state index in [9.17, 15) is 13.5 Å². The van der Waals surface area contributed by atoms with Crippen molar-refractivity contribution < 1.29 is 18.3 Å². The van der Waals surface area contributed by atoms with Gasteiger partial charge in [-0.25, -0.2) is 8.42 Å². The van der Waals surface area contributed by atoms with Crippen LogP contribution in [0.4, 0.5) is 0 Å². The molecule has 7 heteroatoms. The number of fused-ring (bicyclic) bond motifs is 1. The van der Waals surface area contributed by atoms with E-state index in [1.165, 1.54) is 4.31 Å². The molecule has 1 aromatic rings. The molecule has 0 radical (unpaired) electrons. The van der Waals surface area contributed by atoms with Gasteiger partial charge < -0.3 is 15.2 Å². The van der Waals surface area contributed by atoms with Crippen molar-refractivity contribution in [1.82, 2.24) is 9.62 Å². The first kappa shape index (κ1) is 17.7. The van der Waals surface area contributed by atoms with Crippen molar-refractivity contribution in [2.75, 3.05) is 32.8 Å². The Hall–Kier alpha value is -1.15. The first-order valence-electron chi connectivity index (χ1n) is 8.53. The van der Waals surface area contributed by atoms with Crippen LogP contribution < -0.4 is 10.1 Å². The SMILES string of the molecule is CCOc1ccc(C)cc1S(=O)(=O)N1CC[C@@]2(O)CCNC[C@H]2C1. The highest BCUT2D eigenvalue weighted by Gasteiger charge is 2.46. The lowest BCUT2D eigenvalue weighted by atomic mass is 9.77. The van der Waals surface area contributed by atoms with E-state index >= 15 is 0 Å². The van der Waals surface area contributed by atoms with Crippen LogP contribution in [0, 0.1) is 12.8 Å². The Balaban J connectivity index is 1.90. The molecular formula is C17H26N2O4S. The maximum Gasteiger partial charge on any atom is 0.246 e. The summed E-state index contributed by atoms with van der Waals surface area (Å²) in [6.07, 6.45) is 1.16. The second kappa shape index (κ2) is 6.63. The number of benzene rings is 1. The van der Waals surface area contributed by atoms with Crippen LogP contribution in [0.5, 0.6) is 5.75 Å². The maximum atomic E-state index is 13.2. The van der Waals surface area contributed by atoms with Gasteiger partial charge in [-0.05, 0) is 50.9 Å².